The van der Waals surface area contributed by atoms with E-state index in [-0.39, 0.29) is 5.91 Å². The first-order chi connectivity index (χ1) is 11.7. The standard InChI is InChI=1S/C19H20N2O2S/c1-3-7-18(22)21(13-14-8-5-4-6-9-14)19-20-16-11-10-15(23-2)12-17(16)24-19/h4-6,8-12H,3,7,13H2,1-2H3. The van der Waals surface area contributed by atoms with Crippen molar-refractivity contribution in [1.82, 2.24) is 4.98 Å². The molecule has 3 rings (SSSR count). The minimum atomic E-state index is 0.104. The number of methoxy groups -OCH3 is 1. The monoisotopic (exact) mass is 340 g/mol. The van der Waals surface area contributed by atoms with Gasteiger partial charge in [-0.15, -0.1) is 0 Å². The van der Waals surface area contributed by atoms with Crippen molar-refractivity contribution in [2.24, 2.45) is 0 Å². The Morgan fingerprint density at radius 1 is 1.21 bits per heavy atom. The molecule has 3 aromatic rings. The minimum Gasteiger partial charge on any atom is -0.497 e. The van der Waals surface area contributed by atoms with E-state index in [1.165, 1.54) is 11.3 Å². The van der Waals surface area contributed by atoms with Gasteiger partial charge in [-0.25, -0.2) is 4.98 Å². The lowest BCUT2D eigenvalue weighted by atomic mass is 10.2. The van der Waals surface area contributed by atoms with Crippen LogP contribution >= 0.6 is 11.3 Å². The van der Waals surface area contributed by atoms with Gasteiger partial charge in [0, 0.05) is 6.42 Å². The summed E-state index contributed by atoms with van der Waals surface area (Å²) in [6.45, 7) is 2.55. The second-order valence-electron chi connectivity index (χ2n) is 5.55. The van der Waals surface area contributed by atoms with Crippen LogP contribution in [0.15, 0.2) is 48.5 Å². The molecule has 2 aromatic carbocycles. The Kier molecular flexibility index (Phi) is 5.11. The van der Waals surface area contributed by atoms with Crippen LogP contribution in [0.1, 0.15) is 25.3 Å². The Labute approximate surface area is 145 Å². The Bertz CT molecular complexity index is 830. The summed E-state index contributed by atoms with van der Waals surface area (Å²) < 4.78 is 6.29. The first-order valence-electron chi connectivity index (χ1n) is 8.00. The number of benzene rings is 2. The Morgan fingerprint density at radius 3 is 2.71 bits per heavy atom. The van der Waals surface area contributed by atoms with Crippen molar-refractivity contribution in [3.05, 3.63) is 54.1 Å². The van der Waals surface area contributed by atoms with E-state index in [4.69, 9.17) is 4.74 Å². The molecule has 0 aliphatic heterocycles. The van der Waals surface area contributed by atoms with Crippen molar-refractivity contribution < 1.29 is 9.53 Å². The molecule has 0 atom stereocenters. The van der Waals surface area contributed by atoms with E-state index >= 15 is 0 Å². The van der Waals surface area contributed by atoms with E-state index in [1.54, 1.807) is 12.0 Å². The SMILES string of the molecule is CCCC(=O)N(Cc1ccccc1)c1nc2ccc(OC)cc2s1. The lowest BCUT2D eigenvalue weighted by Crippen LogP contribution is -2.29. The first kappa shape index (κ1) is 16.5. The van der Waals surface area contributed by atoms with Crippen LogP contribution in [0, 0.1) is 0 Å². The fourth-order valence-electron chi connectivity index (χ4n) is 2.51. The normalized spacial score (nSPS) is 10.8. The number of amides is 1. The molecule has 0 aliphatic rings. The molecule has 0 saturated heterocycles. The number of aromatic nitrogens is 1. The Hall–Kier alpha value is -2.40. The number of thiazole rings is 1. The zero-order valence-electron chi connectivity index (χ0n) is 13.9. The number of ether oxygens (including phenoxy) is 1. The van der Waals surface area contributed by atoms with E-state index < -0.39 is 0 Å². The van der Waals surface area contributed by atoms with E-state index in [0.717, 1.165) is 33.1 Å². The zero-order chi connectivity index (χ0) is 16.9. The molecule has 1 amide bonds. The van der Waals surface area contributed by atoms with Crippen LogP contribution in [-0.2, 0) is 11.3 Å². The third-order valence-electron chi connectivity index (χ3n) is 3.76. The zero-order valence-corrected chi connectivity index (χ0v) is 14.7. The topological polar surface area (TPSA) is 42.4 Å². The van der Waals surface area contributed by atoms with Crippen LogP contribution in [0.2, 0.25) is 0 Å². The lowest BCUT2D eigenvalue weighted by Gasteiger charge is -2.19. The van der Waals surface area contributed by atoms with Gasteiger partial charge in [0.2, 0.25) is 5.91 Å². The van der Waals surface area contributed by atoms with Crippen LogP contribution in [0.25, 0.3) is 10.2 Å². The number of hydrogen-bond acceptors (Lipinski definition) is 4. The van der Waals surface area contributed by atoms with E-state index in [0.29, 0.717) is 13.0 Å². The molecule has 5 heteroatoms. The second-order valence-corrected chi connectivity index (χ2v) is 6.55. The smallest absolute Gasteiger partial charge is 0.229 e. The van der Waals surface area contributed by atoms with Gasteiger partial charge < -0.3 is 4.74 Å². The minimum absolute atomic E-state index is 0.104. The fourth-order valence-corrected chi connectivity index (χ4v) is 3.52. The first-order valence-corrected chi connectivity index (χ1v) is 8.81. The molecule has 0 saturated carbocycles. The predicted molar refractivity (Wildman–Crippen MR) is 98.7 cm³/mol. The molecule has 0 N–H and O–H groups in total. The van der Waals surface area contributed by atoms with Gasteiger partial charge in [-0.1, -0.05) is 48.6 Å². The summed E-state index contributed by atoms with van der Waals surface area (Å²) in [6, 6.07) is 15.8. The highest BCUT2D eigenvalue weighted by Crippen LogP contribution is 2.32. The highest BCUT2D eigenvalue weighted by molar-refractivity contribution is 7.22. The highest BCUT2D eigenvalue weighted by Gasteiger charge is 2.19. The lowest BCUT2D eigenvalue weighted by molar-refractivity contribution is -0.118. The molecule has 0 spiro atoms. The molecule has 24 heavy (non-hydrogen) atoms. The van der Waals surface area contributed by atoms with Gasteiger partial charge in [-0.3, -0.25) is 9.69 Å². The third kappa shape index (κ3) is 3.57. The molecule has 0 unspecified atom stereocenters. The number of rotatable bonds is 6. The summed E-state index contributed by atoms with van der Waals surface area (Å²) in [5.74, 6) is 0.902. The average Bonchev–Trinajstić information content (AvgIpc) is 3.03. The Balaban J connectivity index is 1.96. The number of carbonyl (C=O) groups excluding carboxylic acids is 1. The van der Waals surface area contributed by atoms with Crippen molar-refractivity contribution in [1.29, 1.82) is 0 Å². The van der Waals surface area contributed by atoms with Gasteiger partial charge >= 0.3 is 0 Å². The molecule has 124 valence electrons. The molecule has 1 aromatic heterocycles. The summed E-state index contributed by atoms with van der Waals surface area (Å²) in [4.78, 5) is 19.1. The van der Waals surface area contributed by atoms with Crippen LogP contribution in [-0.4, -0.2) is 18.0 Å². The van der Waals surface area contributed by atoms with Crippen molar-refractivity contribution in [2.45, 2.75) is 26.3 Å². The van der Waals surface area contributed by atoms with Gasteiger partial charge in [0.25, 0.3) is 0 Å². The maximum absolute atomic E-state index is 12.6. The Morgan fingerprint density at radius 2 is 2.00 bits per heavy atom. The van der Waals surface area contributed by atoms with Gasteiger partial charge in [0.05, 0.1) is 23.9 Å². The summed E-state index contributed by atoms with van der Waals surface area (Å²) in [5, 5.41) is 0.737. The third-order valence-corrected chi connectivity index (χ3v) is 4.80. The average molecular weight is 340 g/mol. The summed E-state index contributed by atoms with van der Waals surface area (Å²) in [6.07, 6.45) is 1.34. The van der Waals surface area contributed by atoms with Crippen LogP contribution in [0.5, 0.6) is 5.75 Å². The van der Waals surface area contributed by atoms with Gasteiger partial charge in [0.1, 0.15) is 5.75 Å². The summed E-state index contributed by atoms with van der Waals surface area (Å²) in [5.41, 5.74) is 1.98. The number of fused-ring (bicyclic) bond motifs is 1. The van der Waals surface area contributed by atoms with E-state index in [1.807, 2.05) is 55.5 Å². The number of anilines is 1. The second kappa shape index (κ2) is 7.45. The van der Waals surface area contributed by atoms with Crippen molar-refractivity contribution in [2.75, 3.05) is 12.0 Å². The largest absolute Gasteiger partial charge is 0.497 e. The maximum atomic E-state index is 12.6. The molecule has 1 heterocycles. The molecule has 4 nitrogen and oxygen atoms in total. The van der Waals surface area contributed by atoms with E-state index in [2.05, 4.69) is 4.98 Å². The molecule has 0 aliphatic carbocycles. The number of hydrogen-bond donors (Lipinski definition) is 0. The quantitative estimate of drug-likeness (QED) is 0.656. The fraction of sp³-hybridized carbons (Fsp3) is 0.263. The molecular weight excluding hydrogens is 320 g/mol. The van der Waals surface area contributed by atoms with Crippen molar-refractivity contribution in [3.63, 3.8) is 0 Å². The van der Waals surface area contributed by atoms with Gasteiger partial charge in [-0.2, -0.15) is 0 Å². The molecule has 0 fully saturated rings. The predicted octanol–water partition coefficient (Wildman–Crippen LogP) is 4.64. The van der Waals surface area contributed by atoms with Crippen LogP contribution in [0.3, 0.4) is 0 Å². The maximum Gasteiger partial charge on any atom is 0.229 e. The van der Waals surface area contributed by atoms with Crippen LogP contribution in [0.4, 0.5) is 5.13 Å². The molecule has 0 radical (unpaired) electrons. The highest BCUT2D eigenvalue weighted by atomic mass is 32.1. The molecule has 0 bridgehead atoms. The summed E-state index contributed by atoms with van der Waals surface area (Å²) >= 11 is 1.52. The van der Waals surface area contributed by atoms with E-state index in [9.17, 15) is 4.79 Å². The van der Waals surface area contributed by atoms with Crippen molar-refractivity contribution >= 4 is 32.6 Å². The van der Waals surface area contributed by atoms with Crippen molar-refractivity contribution in [3.8, 4) is 5.75 Å². The number of nitrogens with zero attached hydrogens (tertiary/aromatic N) is 2. The van der Waals surface area contributed by atoms with Gasteiger partial charge in [0.15, 0.2) is 5.13 Å². The van der Waals surface area contributed by atoms with Gasteiger partial charge in [-0.05, 0) is 30.2 Å². The number of carbonyl (C=O) groups is 1. The van der Waals surface area contributed by atoms with Crippen LogP contribution < -0.4 is 9.64 Å². The molecular formula is C19H20N2O2S. The summed E-state index contributed by atoms with van der Waals surface area (Å²) in [7, 11) is 1.65.